The molecule has 1 fully saturated rings. The highest BCUT2D eigenvalue weighted by Crippen LogP contribution is 2.23. The Morgan fingerprint density at radius 3 is 3.19 bits per heavy atom. The first kappa shape index (κ1) is 9.96. The minimum absolute atomic E-state index is 0.273. The monoisotopic (exact) mass is 220 g/mol. The molecule has 1 unspecified atom stereocenters. The van der Waals surface area contributed by atoms with E-state index in [0.29, 0.717) is 5.78 Å². The Morgan fingerprint density at radius 1 is 1.44 bits per heavy atom. The van der Waals surface area contributed by atoms with Crippen LogP contribution in [0.1, 0.15) is 25.1 Å². The second-order valence-electron chi connectivity index (χ2n) is 4.73. The average molecular weight is 220 g/mol. The van der Waals surface area contributed by atoms with E-state index in [9.17, 15) is 4.79 Å². The number of ketones is 1. The van der Waals surface area contributed by atoms with Crippen LogP contribution in [0.25, 0.3) is 0 Å². The third-order valence-electron chi connectivity index (χ3n) is 3.63. The summed E-state index contributed by atoms with van der Waals surface area (Å²) >= 11 is 0. The number of Topliss-reactive ketones (excluding diaryl/α,β-unsaturated/α-hetero) is 1. The quantitative estimate of drug-likeness (QED) is 0.726. The topological polar surface area (TPSA) is 51.0 Å². The summed E-state index contributed by atoms with van der Waals surface area (Å²) in [6, 6.07) is 0. The van der Waals surface area contributed by atoms with Gasteiger partial charge in [0, 0.05) is 32.0 Å². The van der Waals surface area contributed by atoms with Gasteiger partial charge in [0.1, 0.15) is 17.9 Å². The molecule has 5 nitrogen and oxygen atoms in total. The van der Waals surface area contributed by atoms with Gasteiger partial charge in [0.2, 0.25) is 0 Å². The van der Waals surface area contributed by atoms with Crippen molar-refractivity contribution in [1.29, 1.82) is 0 Å². The molecule has 86 valence electrons. The van der Waals surface area contributed by atoms with Gasteiger partial charge in [-0.1, -0.05) is 0 Å². The van der Waals surface area contributed by atoms with Gasteiger partial charge >= 0.3 is 0 Å². The summed E-state index contributed by atoms with van der Waals surface area (Å²) in [4.78, 5) is 13.9. The van der Waals surface area contributed by atoms with Crippen LogP contribution in [-0.4, -0.2) is 38.5 Å². The minimum Gasteiger partial charge on any atom is -0.315 e. The van der Waals surface area contributed by atoms with Gasteiger partial charge in [-0.2, -0.15) is 0 Å². The van der Waals surface area contributed by atoms with Gasteiger partial charge in [0.05, 0.1) is 6.54 Å². The van der Waals surface area contributed by atoms with Gasteiger partial charge in [0.25, 0.3) is 0 Å². The van der Waals surface area contributed by atoms with Crippen LogP contribution >= 0.6 is 0 Å². The van der Waals surface area contributed by atoms with Crippen molar-refractivity contribution in [2.24, 2.45) is 5.92 Å². The van der Waals surface area contributed by atoms with Crippen molar-refractivity contribution < 1.29 is 4.79 Å². The Hall–Kier alpha value is -1.23. The number of nitrogens with zero attached hydrogens (tertiary/aromatic N) is 4. The van der Waals surface area contributed by atoms with Crippen LogP contribution in [0.3, 0.4) is 0 Å². The molecule has 1 aliphatic heterocycles. The largest absolute Gasteiger partial charge is 0.315 e. The summed E-state index contributed by atoms with van der Waals surface area (Å²) in [7, 11) is 0. The predicted octanol–water partition coefficient (Wildman–Crippen LogP) is 0.463. The number of hydrogen-bond acceptors (Lipinski definition) is 4. The van der Waals surface area contributed by atoms with E-state index < -0.39 is 0 Å². The number of hydrogen-bond donors (Lipinski definition) is 0. The Bertz CT molecular complexity index is 400. The van der Waals surface area contributed by atoms with Crippen molar-refractivity contribution in [3.8, 4) is 0 Å². The predicted molar refractivity (Wildman–Crippen MR) is 57.6 cm³/mol. The smallest absolute Gasteiger partial charge is 0.147 e. The van der Waals surface area contributed by atoms with Crippen LogP contribution in [0.4, 0.5) is 0 Å². The van der Waals surface area contributed by atoms with E-state index in [1.165, 1.54) is 0 Å². The molecule has 16 heavy (non-hydrogen) atoms. The first-order valence-corrected chi connectivity index (χ1v) is 5.94. The van der Waals surface area contributed by atoms with Crippen LogP contribution in [-0.2, 0) is 17.9 Å². The van der Waals surface area contributed by atoms with Crippen LogP contribution < -0.4 is 0 Å². The lowest BCUT2D eigenvalue weighted by molar-refractivity contribution is -0.121. The molecule has 0 amide bonds. The lowest BCUT2D eigenvalue weighted by Gasteiger charge is -2.28. The number of rotatable bonds is 2. The Kier molecular flexibility index (Phi) is 2.47. The Labute approximate surface area is 94.5 Å². The number of carbonyl (C=O) groups is 1. The van der Waals surface area contributed by atoms with Crippen LogP contribution in [0.5, 0.6) is 0 Å². The lowest BCUT2D eigenvalue weighted by atomic mass is 10.1. The average Bonchev–Trinajstić information content (AvgIpc) is 2.88. The molecule has 1 aliphatic carbocycles. The molecule has 0 N–H and O–H groups in total. The van der Waals surface area contributed by atoms with Gasteiger partial charge < -0.3 is 4.57 Å². The second-order valence-corrected chi connectivity index (χ2v) is 4.73. The van der Waals surface area contributed by atoms with E-state index in [1.807, 2.05) is 0 Å². The van der Waals surface area contributed by atoms with E-state index in [4.69, 9.17) is 0 Å². The molecule has 0 aromatic carbocycles. The summed E-state index contributed by atoms with van der Waals surface area (Å²) in [6.07, 6.45) is 4.72. The first-order chi connectivity index (χ1) is 7.83. The zero-order valence-corrected chi connectivity index (χ0v) is 9.30. The van der Waals surface area contributed by atoms with Gasteiger partial charge in [-0.25, -0.2) is 0 Å². The molecule has 1 atom stereocenters. The SMILES string of the molecule is O=C1CCCC1CN1CCn2cnnc2C1. The maximum Gasteiger partial charge on any atom is 0.147 e. The van der Waals surface area contributed by atoms with Gasteiger partial charge in [-0.05, 0) is 12.8 Å². The summed E-state index contributed by atoms with van der Waals surface area (Å²) in [5.41, 5.74) is 0. The molecule has 2 heterocycles. The van der Waals surface area contributed by atoms with E-state index in [0.717, 1.165) is 51.3 Å². The molecule has 0 bridgehead atoms. The molecular weight excluding hydrogens is 204 g/mol. The first-order valence-electron chi connectivity index (χ1n) is 5.94. The van der Waals surface area contributed by atoms with Gasteiger partial charge in [-0.3, -0.25) is 9.69 Å². The fourth-order valence-corrected chi connectivity index (χ4v) is 2.66. The van der Waals surface area contributed by atoms with Crippen LogP contribution in [0.2, 0.25) is 0 Å². The highest BCUT2D eigenvalue weighted by Gasteiger charge is 2.28. The minimum atomic E-state index is 0.273. The normalized spacial score (nSPS) is 26.0. The van der Waals surface area contributed by atoms with Crippen LogP contribution in [0.15, 0.2) is 6.33 Å². The van der Waals surface area contributed by atoms with E-state index in [2.05, 4.69) is 19.7 Å². The molecule has 1 aromatic rings. The molecule has 3 rings (SSSR count). The van der Waals surface area contributed by atoms with E-state index in [-0.39, 0.29) is 5.92 Å². The zero-order chi connectivity index (χ0) is 11.0. The standard InChI is InChI=1S/C11H16N4O/c16-10-3-1-2-9(10)6-14-4-5-15-8-12-13-11(15)7-14/h8-9H,1-7H2. The summed E-state index contributed by atoms with van der Waals surface area (Å²) in [6.45, 7) is 3.70. The fraction of sp³-hybridized carbons (Fsp3) is 0.727. The summed E-state index contributed by atoms with van der Waals surface area (Å²) < 4.78 is 2.09. The molecule has 2 aliphatic rings. The van der Waals surface area contributed by atoms with Gasteiger partial charge in [-0.15, -0.1) is 10.2 Å². The molecule has 1 aromatic heterocycles. The highest BCUT2D eigenvalue weighted by molar-refractivity contribution is 5.83. The number of fused-ring (bicyclic) bond motifs is 1. The molecule has 0 saturated heterocycles. The Morgan fingerprint density at radius 2 is 2.38 bits per heavy atom. The summed E-state index contributed by atoms with van der Waals surface area (Å²) in [5, 5.41) is 7.99. The zero-order valence-electron chi connectivity index (χ0n) is 9.30. The van der Waals surface area contributed by atoms with Crippen molar-refractivity contribution in [3.05, 3.63) is 12.2 Å². The molecule has 0 radical (unpaired) electrons. The molecule has 1 saturated carbocycles. The van der Waals surface area contributed by atoms with E-state index in [1.54, 1.807) is 6.33 Å². The maximum absolute atomic E-state index is 11.6. The number of aromatic nitrogens is 3. The van der Waals surface area contributed by atoms with Crippen LogP contribution in [0, 0.1) is 5.92 Å². The van der Waals surface area contributed by atoms with E-state index >= 15 is 0 Å². The number of carbonyl (C=O) groups excluding carboxylic acids is 1. The third kappa shape index (κ3) is 1.75. The molecule has 0 spiro atoms. The van der Waals surface area contributed by atoms with Crippen molar-refractivity contribution in [2.45, 2.75) is 32.4 Å². The maximum atomic E-state index is 11.6. The highest BCUT2D eigenvalue weighted by atomic mass is 16.1. The lowest BCUT2D eigenvalue weighted by Crippen LogP contribution is -2.37. The fourth-order valence-electron chi connectivity index (χ4n) is 2.66. The van der Waals surface area contributed by atoms with Gasteiger partial charge in [0.15, 0.2) is 0 Å². The second kappa shape index (κ2) is 3.97. The van der Waals surface area contributed by atoms with Crippen molar-refractivity contribution >= 4 is 5.78 Å². The molecular formula is C11H16N4O. The molecule has 5 heteroatoms. The van der Waals surface area contributed by atoms with Crippen molar-refractivity contribution in [1.82, 2.24) is 19.7 Å². The summed E-state index contributed by atoms with van der Waals surface area (Å²) in [5.74, 6) is 1.75. The third-order valence-corrected chi connectivity index (χ3v) is 3.63. The van der Waals surface area contributed by atoms with Crippen molar-refractivity contribution in [3.63, 3.8) is 0 Å². The van der Waals surface area contributed by atoms with Crippen molar-refractivity contribution in [2.75, 3.05) is 13.1 Å². The Balaban J connectivity index is 1.63.